The first kappa shape index (κ1) is 17.6. The number of benzene rings is 1. The number of ether oxygens (including phenoxy) is 1. The average molecular weight is 343 g/mol. The van der Waals surface area contributed by atoms with Gasteiger partial charge in [0, 0.05) is 32.5 Å². The van der Waals surface area contributed by atoms with Crippen LogP contribution in [-0.2, 0) is 19.4 Å². The molecule has 1 aliphatic heterocycles. The lowest BCUT2D eigenvalue weighted by Gasteiger charge is -2.29. The smallest absolute Gasteiger partial charge is 0.255 e. The number of rotatable bonds is 6. The number of nitrogens with one attached hydrogen (secondary N) is 1. The molecule has 2 N–H and O–H groups in total. The monoisotopic (exact) mass is 343 g/mol. The molecule has 0 amide bonds. The minimum atomic E-state index is -0.346. The largest absolute Gasteiger partial charge is 0.497 e. The molecule has 1 aromatic carbocycles. The van der Waals surface area contributed by atoms with E-state index in [1.54, 1.807) is 7.11 Å². The highest BCUT2D eigenvalue weighted by molar-refractivity contribution is 5.31. The number of fused-ring (bicyclic) bond motifs is 1. The Kier molecular flexibility index (Phi) is 5.50. The van der Waals surface area contributed by atoms with Crippen molar-refractivity contribution in [2.75, 3.05) is 20.2 Å². The number of aliphatic hydroxyl groups excluding tert-OH is 1. The van der Waals surface area contributed by atoms with Gasteiger partial charge in [-0.1, -0.05) is 19.1 Å². The molecule has 0 fully saturated rings. The van der Waals surface area contributed by atoms with Gasteiger partial charge in [0.15, 0.2) is 0 Å². The Bertz CT molecular complexity index is 788. The van der Waals surface area contributed by atoms with Gasteiger partial charge in [0.2, 0.25) is 0 Å². The Morgan fingerprint density at radius 1 is 1.44 bits per heavy atom. The average Bonchev–Trinajstić information content (AvgIpc) is 2.62. The van der Waals surface area contributed by atoms with Crippen molar-refractivity contribution in [2.45, 2.75) is 38.8 Å². The van der Waals surface area contributed by atoms with E-state index in [1.165, 1.54) is 0 Å². The van der Waals surface area contributed by atoms with Gasteiger partial charge >= 0.3 is 0 Å². The molecule has 0 unspecified atom stereocenters. The predicted octanol–water partition coefficient (Wildman–Crippen LogP) is 1.50. The Morgan fingerprint density at radius 2 is 2.28 bits per heavy atom. The number of H-pyrrole nitrogens is 1. The van der Waals surface area contributed by atoms with Gasteiger partial charge in [-0.05, 0) is 24.1 Å². The van der Waals surface area contributed by atoms with Crippen molar-refractivity contribution in [2.24, 2.45) is 0 Å². The standard InChI is InChI=1S/C19H25N3O3/c1-3-14(23)11-22-8-7-17-16(12-22)19(24)21-18(20-17)10-13-5-4-6-15(9-13)25-2/h4-6,9,14,23H,3,7-8,10-12H2,1-2H3,(H,20,21,24)/t14-/m0/s1. The third-order valence-electron chi connectivity index (χ3n) is 4.64. The van der Waals surface area contributed by atoms with Gasteiger partial charge < -0.3 is 14.8 Å². The molecule has 0 spiro atoms. The summed E-state index contributed by atoms with van der Waals surface area (Å²) < 4.78 is 5.24. The van der Waals surface area contributed by atoms with Gasteiger partial charge in [-0.15, -0.1) is 0 Å². The number of hydrogen-bond acceptors (Lipinski definition) is 5. The van der Waals surface area contributed by atoms with Crippen molar-refractivity contribution in [3.63, 3.8) is 0 Å². The minimum absolute atomic E-state index is 0.0708. The maximum Gasteiger partial charge on any atom is 0.255 e. The summed E-state index contributed by atoms with van der Waals surface area (Å²) in [5, 5.41) is 9.82. The molecule has 1 aliphatic rings. The topological polar surface area (TPSA) is 78.5 Å². The van der Waals surface area contributed by atoms with Gasteiger partial charge in [-0.3, -0.25) is 9.69 Å². The molecule has 2 aromatic rings. The van der Waals surface area contributed by atoms with E-state index in [0.717, 1.165) is 42.0 Å². The van der Waals surface area contributed by atoms with Crippen LogP contribution in [0, 0.1) is 0 Å². The highest BCUT2D eigenvalue weighted by Gasteiger charge is 2.22. The van der Waals surface area contributed by atoms with E-state index in [2.05, 4.69) is 14.9 Å². The third-order valence-corrected chi connectivity index (χ3v) is 4.64. The molecule has 2 heterocycles. The minimum Gasteiger partial charge on any atom is -0.497 e. The Labute approximate surface area is 147 Å². The van der Waals surface area contributed by atoms with Crippen LogP contribution >= 0.6 is 0 Å². The van der Waals surface area contributed by atoms with Crippen LogP contribution in [0.2, 0.25) is 0 Å². The number of methoxy groups -OCH3 is 1. The molecule has 0 bridgehead atoms. The van der Waals surface area contributed by atoms with E-state index < -0.39 is 0 Å². The Balaban J connectivity index is 1.77. The van der Waals surface area contributed by atoms with Crippen molar-refractivity contribution < 1.29 is 9.84 Å². The predicted molar refractivity (Wildman–Crippen MR) is 95.9 cm³/mol. The summed E-state index contributed by atoms with van der Waals surface area (Å²) in [4.78, 5) is 22.2. The summed E-state index contributed by atoms with van der Waals surface area (Å²) in [6, 6.07) is 7.77. The van der Waals surface area contributed by atoms with Gasteiger partial charge in [0.25, 0.3) is 5.56 Å². The lowest BCUT2D eigenvalue weighted by atomic mass is 10.1. The zero-order valence-corrected chi connectivity index (χ0v) is 14.8. The fourth-order valence-corrected chi connectivity index (χ4v) is 3.17. The molecule has 0 saturated carbocycles. The first-order valence-electron chi connectivity index (χ1n) is 8.73. The van der Waals surface area contributed by atoms with Crippen molar-refractivity contribution in [1.29, 1.82) is 0 Å². The van der Waals surface area contributed by atoms with Crippen LogP contribution in [0.5, 0.6) is 5.75 Å². The molecule has 0 radical (unpaired) electrons. The number of β-amino-alcohol motifs (C(OH)–C–C–N with tert-alkyl or cyclic N) is 1. The van der Waals surface area contributed by atoms with Crippen molar-refractivity contribution >= 4 is 0 Å². The fourth-order valence-electron chi connectivity index (χ4n) is 3.17. The van der Waals surface area contributed by atoms with Crippen LogP contribution in [0.25, 0.3) is 0 Å². The second-order valence-electron chi connectivity index (χ2n) is 6.51. The first-order chi connectivity index (χ1) is 12.1. The van der Waals surface area contributed by atoms with Gasteiger partial charge in [0.05, 0.1) is 24.5 Å². The fraction of sp³-hybridized carbons (Fsp3) is 0.474. The SMILES string of the molecule is CC[C@H](O)CN1CCc2nc(Cc3cccc(OC)c3)[nH]c(=O)c2C1. The summed E-state index contributed by atoms with van der Waals surface area (Å²) in [6.07, 6.45) is 1.68. The van der Waals surface area contributed by atoms with E-state index in [-0.39, 0.29) is 11.7 Å². The second kappa shape index (κ2) is 7.80. The van der Waals surface area contributed by atoms with Crippen LogP contribution in [0.4, 0.5) is 0 Å². The zero-order chi connectivity index (χ0) is 17.8. The molecule has 0 aliphatic carbocycles. The highest BCUT2D eigenvalue weighted by atomic mass is 16.5. The number of aromatic amines is 1. The molecule has 1 atom stereocenters. The third kappa shape index (κ3) is 4.27. The lowest BCUT2D eigenvalue weighted by molar-refractivity contribution is 0.102. The van der Waals surface area contributed by atoms with Crippen LogP contribution in [0.1, 0.15) is 36.0 Å². The van der Waals surface area contributed by atoms with E-state index >= 15 is 0 Å². The molecule has 1 aromatic heterocycles. The maximum atomic E-state index is 12.5. The molecule has 6 nitrogen and oxygen atoms in total. The molecular formula is C19H25N3O3. The molecular weight excluding hydrogens is 318 g/mol. The number of aromatic nitrogens is 2. The second-order valence-corrected chi connectivity index (χ2v) is 6.51. The normalized spacial score (nSPS) is 15.6. The van der Waals surface area contributed by atoms with Gasteiger partial charge in [-0.25, -0.2) is 4.98 Å². The van der Waals surface area contributed by atoms with Gasteiger partial charge in [-0.2, -0.15) is 0 Å². The van der Waals surface area contributed by atoms with E-state index in [4.69, 9.17) is 4.74 Å². The molecule has 25 heavy (non-hydrogen) atoms. The quantitative estimate of drug-likeness (QED) is 0.831. The van der Waals surface area contributed by atoms with Crippen molar-refractivity contribution in [3.05, 3.63) is 57.3 Å². The van der Waals surface area contributed by atoms with Gasteiger partial charge in [0.1, 0.15) is 11.6 Å². The maximum absolute atomic E-state index is 12.5. The lowest BCUT2D eigenvalue weighted by Crippen LogP contribution is -2.40. The number of hydrogen-bond donors (Lipinski definition) is 2. The summed E-state index contributed by atoms with van der Waals surface area (Å²) in [5.74, 6) is 1.47. The number of aliphatic hydroxyl groups is 1. The van der Waals surface area contributed by atoms with Crippen LogP contribution in [0.15, 0.2) is 29.1 Å². The molecule has 3 rings (SSSR count). The zero-order valence-electron chi connectivity index (χ0n) is 14.8. The Hall–Kier alpha value is -2.18. The van der Waals surface area contributed by atoms with Crippen LogP contribution in [-0.4, -0.2) is 46.3 Å². The molecule has 6 heteroatoms. The summed E-state index contributed by atoms with van der Waals surface area (Å²) >= 11 is 0. The first-order valence-corrected chi connectivity index (χ1v) is 8.73. The van der Waals surface area contributed by atoms with Crippen molar-refractivity contribution in [3.8, 4) is 5.75 Å². The van der Waals surface area contributed by atoms with E-state index in [9.17, 15) is 9.90 Å². The summed E-state index contributed by atoms with van der Waals surface area (Å²) in [7, 11) is 1.64. The molecule has 134 valence electrons. The van der Waals surface area contributed by atoms with E-state index in [0.29, 0.717) is 25.3 Å². The van der Waals surface area contributed by atoms with Crippen molar-refractivity contribution in [1.82, 2.24) is 14.9 Å². The number of nitrogens with zero attached hydrogens (tertiary/aromatic N) is 2. The summed E-state index contributed by atoms with van der Waals surface area (Å²) in [6.45, 7) is 3.93. The molecule has 0 saturated heterocycles. The highest BCUT2D eigenvalue weighted by Crippen LogP contribution is 2.17. The van der Waals surface area contributed by atoms with Crippen LogP contribution < -0.4 is 10.3 Å². The van der Waals surface area contributed by atoms with E-state index in [1.807, 2.05) is 31.2 Å². The summed E-state index contributed by atoms with van der Waals surface area (Å²) in [5.41, 5.74) is 2.58. The Morgan fingerprint density at radius 3 is 3.04 bits per heavy atom. The van der Waals surface area contributed by atoms with Crippen LogP contribution in [0.3, 0.4) is 0 Å².